The maximum Gasteiger partial charge on any atom is 0.399 e. The fourth-order valence-electron chi connectivity index (χ4n) is 0.562. The lowest BCUT2D eigenvalue weighted by molar-refractivity contribution is 1.45. The monoisotopic (exact) mass is 309 g/mol. The largest absolute Gasteiger partial charge is 0.399 e. The van der Waals surface area contributed by atoms with Crippen LogP contribution in [0.2, 0.25) is 0 Å². The molecule has 50 valence electrons. The van der Waals surface area contributed by atoms with E-state index in [0.717, 1.165) is 8.04 Å². The summed E-state index contributed by atoms with van der Waals surface area (Å²) in [6.07, 6.45) is 0. The van der Waals surface area contributed by atoms with Crippen LogP contribution in [0.3, 0.4) is 0 Å². The zero-order valence-electron chi connectivity index (χ0n) is 4.88. The molecule has 0 aliphatic rings. The molecule has 0 saturated heterocycles. The second-order valence-corrected chi connectivity index (χ2v) is 3.80. The molecule has 0 fully saturated rings. The van der Waals surface area contributed by atoms with E-state index in [4.69, 9.17) is 5.39 Å². The highest BCUT2D eigenvalue weighted by Gasteiger charge is 2.09. The van der Waals surface area contributed by atoms with Gasteiger partial charge in [-0.2, -0.15) is 0 Å². The molecule has 0 aromatic heterocycles. The molecular formula is C6H3BrIN2+. The molecular weight excluding hydrogens is 307 g/mol. The standard InChI is InChI=1S/C6H3BrIN2/c7-5-3-4(8)1-2-6(5)10-9/h1-3H/q+1. The van der Waals surface area contributed by atoms with Crippen molar-refractivity contribution in [1.29, 1.82) is 5.39 Å². The van der Waals surface area contributed by atoms with Crippen LogP contribution in [0.1, 0.15) is 0 Å². The van der Waals surface area contributed by atoms with Crippen molar-refractivity contribution in [3.8, 4) is 0 Å². The summed E-state index contributed by atoms with van der Waals surface area (Å²) in [7, 11) is 0. The first kappa shape index (κ1) is 7.95. The molecule has 0 heterocycles. The van der Waals surface area contributed by atoms with E-state index in [0.29, 0.717) is 5.69 Å². The van der Waals surface area contributed by atoms with Crippen molar-refractivity contribution in [3.05, 3.63) is 31.2 Å². The Labute approximate surface area is 80.5 Å². The molecule has 4 heteroatoms. The first-order valence-electron chi connectivity index (χ1n) is 2.54. The van der Waals surface area contributed by atoms with Gasteiger partial charge in [-0.05, 0) is 50.7 Å². The molecule has 0 unspecified atom stereocenters. The van der Waals surface area contributed by atoms with Gasteiger partial charge in [0.25, 0.3) is 0 Å². The Kier molecular flexibility index (Phi) is 2.63. The van der Waals surface area contributed by atoms with Crippen LogP contribution in [-0.4, -0.2) is 0 Å². The smallest absolute Gasteiger partial charge is 0.0443 e. The van der Waals surface area contributed by atoms with Crippen molar-refractivity contribution in [1.82, 2.24) is 0 Å². The summed E-state index contributed by atoms with van der Waals surface area (Å²) in [4.78, 5) is 3.06. The molecule has 0 atom stereocenters. The van der Waals surface area contributed by atoms with Crippen LogP contribution in [0, 0.1) is 8.96 Å². The lowest BCUT2D eigenvalue weighted by Crippen LogP contribution is -1.69. The Bertz CT molecular complexity index is 292. The number of hydrogen-bond acceptors (Lipinski definition) is 1. The predicted molar refractivity (Wildman–Crippen MR) is 51.6 cm³/mol. The summed E-state index contributed by atoms with van der Waals surface area (Å²) in [6, 6.07) is 5.50. The summed E-state index contributed by atoms with van der Waals surface area (Å²) < 4.78 is 1.92. The van der Waals surface area contributed by atoms with E-state index < -0.39 is 0 Å². The molecule has 0 amide bonds. The maximum atomic E-state index is 8.40. The zero-order valence-corrected chi connectivity index (χ0v) is 8.63. The molecule has 2 nitrogen and oxygen atoms in total. The minimum atomic E-state index is 0.556. The molecule has 1 aromatic carbocycles. The number of rotatable bonds is 0. The second kappa shape index (κ2) is 3.30. The van der Waals surface area contributed by atoms with Gasteiger partial charge in [-0.3, -0.25) is 0 Å². The van der Waals surface area contributed by atoms with E-state index in [2.05, 4.69) is 43.5 Å². The van der Waals surface area contributed by atoms with Gasteiger partial charge in [-0.15, -0.1) is 0 Å². The van der Waals surface area contributed by atoms with Gasteiger partial charge in [0.1, 0.15) is 4.47 Å². The topological polar surface area (TPSA) is 28.1 Å². The highest BCUT2D eigenvalue weighted by Crippen LogP contribution is 2.26. The van der Waals surface area contributed by atoms with Crippen LogP contribution < -0.4 is 0 Å². The van der Waals surface area contributed by atoms with Gasteiger partial charge in [-0.25, -0.2) is 0 Å². The Balaban J connectivity index is 3.23. The summed E-state index contributed by atoms with van der Waals surface area (Å²) in [5.74, 6) is 0. The van der Waals surface area contributed by atoms with E-state index in [1.54, 1.807) is 6.07 Å². The van der Waals surface area contributed by atoms with E-state index in [1.807, 2.05) is 12.1 Å². The molecule has 0 N–H and O–H groups in total. The summed E-state index contributed by atoms with van der Waals surface area (Å²) in [5.41, 5.74) is 0.556. The van der Waals surface area contributed by atoms with Crippen LogP contribution in [0.25, 0.3) is 4.98 Å². The van der Waals surface area contributed by atoms with Gasteiger partial charge < -0.3 is 0 Å². The van der Waals surface area contributed by atoms with E-state index >= 15 is 0 Å². The van der Waals surface area contributed by atoms with Crippen molar-refractivity contribution < 1.29 is 0 Å². The summed E-state index contributed by atoms with van der Waals surface area (Å²) in [5, 5.41) is 8.40. The van der Waals surface area contributed by atoms with Gasteiger partial charge in [0, 0.05) is 9.64 Å². The predicted octanol–water partition coefficient (Wildman–Crippen LogP) is 3.54. The van der Waals surface area contributed by atoms with Crippen LogP contribution in [0.4, 0.5) is 5.69 Å². The molecule has 0 aliphatic heterocycles. The fourth-order valence-corrected chi connectivity index (χ4v) is 1.94. The third kappa shape index (κ3) is 1.67. The first-order chi connectivity index (χ1) is 4.74. The molecule has 10 heavy (non-hydrogen) atoms. The van der Waals surface area contributed by atoms with Crippen LogP contribution in [0.5, 0.6) is 0 Å². The lowest BCUT2D eigenvalue weighted by Gasteiger charge is -1.85. The van der Waals surface area contributed by atoms with Crippen molar-refractivity contribution >= 4 is 44.2 Å². The number of hydrogen-bond donors (Lipinski definition) is 0. The van der Waals surface area contributed by atoms with Crippen molar-refractivity contribution in [2.75, 3.05) is 0 Å². The molecule has 0 spiro atoms. The minimum absolute atomic E-state index is 0.556. The van der Waals surface area contributed by atoms with E-state index in [-0.39, 0.29) is 0 Å². The molecule has 0 aliphatic carbocycles. The molecule has 0 bridgehead atoms. The quantitative estimate of drug-likeness (QED) is 0.532. The Morgan fingerprint density at radius 2 is 2.20 bits per heavy atom. The van der Waals surface area contributed by atoms with Crippen molar-refractivity contribution in [2.24, 2.45) is 0 Å². The maximum absolute atomic E-state index is 8.40. The highest BCUT2D eigenvalue weighted by molar-refractivity contribution is 14.1. The van der Waals surface area contributed by atoms with E-state index in [9.17, 15) is 0 Å². The summed E-state index contributed by atoms with van der Waals surface area (Å²) >= 11 is 5.43. The van der Waals surface area contributed by atoms with Crippen LogP contribution in [-0.2, 0) is 0 Å². The highest BCUT2D eigenvalue weighted by atomic mass is 127. The second-order valence-electron chi connectivity index (χ2n) is 1.70. The average molecular weight is 310 g/mol. The molecule has 0 radical (unpaired) electrons. The Morgan fingerprint density at radius 1 is 1.50 bits per heavy atom. The normalized spacial score (nSPS) is 8.90. The van der Waals surface area contributed by atoms with Gasteiger partial charge in [-0.1, -0.05) is 0 Å². The Hall–Kier alpha value is -0.150. The first-order valence-corrected chi connectivity index (χ1v) is 4.41. The number of benzene rings is 1. The minimum Gasteiger partial charge on any atom is -0.0443 e. The lowest BCUT2D eigenvalue weighted by atomic mass is 10.3. The van der Waals surface area contributed by atoms with E-state index in [1.165, 1.54) is 0 Å². The van der Waals surface area contributed by atoms with Gasteiger partial charge >= 0.3 is 5.69 Å². The average Bonchev–Trinajstić information content (AvgIpc) is 1.88. The SMILES string of the molecule is N#[N+]c1ccc(I)cc1Br. The fraction of sp³-hybridized carbons (Fsp3) is 0. The van der Waals surface area contributed by atoms with Crippen LogP contribution in [0.15, 0.2) is 22.7 Å². The molecule has 0 saturated carbocycles. The third-order valence-electron chi connectivity index (χ3n) is 1.02. The zero-order chi connectivity index (χ0) is 7.56. The van der Waals surface area contributed by atoms with Crippen LogP contribution >= 0.6 is 38.5 Å². The number of diazo groups is 1. The number of halogens is 2. The van der Waals surface area contributed by atoms with Crippen molar-refractivity contribution in [2.45, 2.75) is 0 Å². The van der Waals surface area contributed by atoms with Crippen molar-refractivity contribution in [3.63, 3.8) is 0 Å². The molecule has 1 aromatic rings. The summed E-state index contributed by atoms with van der Waals surface area (Å²) in [6.45, 7) is 0. The van der Waals surface area contributed by atoms with Gasteiger partial charge in [0.2, 0.25) is 5.39 Å². The van der Waals surface area contributed by atoms with Gasteiger partial charge in [0.05, 0.1) is 0 Å². The third-order valence-corrected chi connectivity index (χ3v) is 2.32. The Morgan fingerprint density at radius 3 is 2.70 bits per heavy atom. The van der Waals surface area contributed by atoms with Gasteiger partial charge in [0.15, 0.2) is 4.98 Å². The number of nitrogens with zero attached hydrogens (tertiary/aromatic N) is 2. The molecule has 1 rings (SSSR count).